The molecule has 2 aromatic heterocycles. The van der Waals surface area contributed by atoms with Gasteiger partial charge < -0.3 is 21.3 Å². The van der Waals surface area contributed by atoms with Crippen LogP contribution in [0.2, 0.25) is 0 Å². The quantitative estimate of drug-likeness (QED) is 0.231. The molecule has 264 valence electrons. The molecule has 2 aromatic carbocycles. The van der Waals surface area contributed by atoms with Crippen LogP contribution in [-0.2, 0) is 24.4 Å². The Morgan fingerprint density at radius 2 is 1.21 bits per heavy atom. The molecule has 0 aliphatic carbocycles. The van der Waals surface area contributed by atoms with E-state index < -0.39 is 54.5 Å². The lowest BCUT2D eigenvalue weighted by Gasteiger charge is -2.19. The number of benzene rings is 2. The number of alkyl carbamates (subject to hydrolysis) is 1. The average molecular weight is 752 g/mol. The number of carbonyl (C=O) groups excluding carboxylic acids is 1. The summed E-state index contributed by atoms with van der Waals surface area (Å²) in [6, 6.07) is 16.4. The molecule has 1 amide bonds. The van der Waals surface area contributed by atoms with Crippen LogP contribution < -0.4 is 11.1 Å². The molecule has 0 radical (unpaired) electrons. The third-order valence-corrected chi connectivity index (χ3v) is 9.14. The van der Waals surface area contributed by atoms with Crippen molar-refractivity contribution in [3.63, 3.8) is 0 Å². The van der Waals surface area contributed by atoms with Gasteiger partial charge in [0.05, 0.1) is 20.8 Å². The summed E-state index contributed by atoms with van der Waals surface area (Å²) >= 11 is 0. The van der Waals surface area contributed by atoms with Gasteiger partial charge in [-0.1, -0.05) is 36.4 Å². The lowest BCUT2D eigenvalue weighted by Crippen LogP contribution is -2.32. The van der Waals surface area contributed by atoms with Crippen molar-refractivity contribution in [1.29, 1.82) is 0 Å². The number of nitrogens with zero attached hydrogens (tertiary/aromatic N) is 2. The van der Waals surface area contributed by atoms with E-state index in [1.165, 1.54) is 24.5 Å². The molecule has 0 aliphatic rings. The molecule has 0 atom stereocenters. The molecular formula is C31H38Cl2F2N4O7S2. The first kappa shape index (κ1) is 44.3. The zero-order valence-corrected chi connectivity index (χ0v) is 29.5. The highest BCUT2D eigenvalue weighted by atomic mass is 35.5. The molecule has 4 rings (SSSR count). The Morgan fingerprint density at radius 1 is 0.792 bits per heavy atom. The van der Waals surface area contributed by atoms with Crippen LogP contribution in [0.15, 0.2) is 107 Å². The summed E-state index contributed by atoms with van der Waals surface area (Å²) in [5.41, 5.74) is 5.14. The number of aromatic nitrogens is 2. The minimum absolute atomic E-state index is 0. The van der Waals surface area contributed by atoms with E-state index in [1.54, 1.807) is 69.3 Å². The largest absolute Gasteiger partial charge is 0.444 e. The van der Waals surface area contributed by atoms with Gasteiger partial charge in [0.2, 0.25) is 0 Å². The summed E-state index contributed by atoms with van der Waals surface area (Å²) in [6.07, 6.45) is 4.34. The lowest BCUT2D eigenvalue weighted by molar-refractivity contribution is 0.0534. The maximum atomic E-state index is 14.0. The summed E-state index contributed by atoms with van der Waals surface area (Å²) in [6.45, 7) is 4.90. The van der Waals surface area contributed by atoms with Crippen molar-refractivity contribution in [1.82, 2.24) is 15.3 Å². The number of fused-ring (bicyclic) bond motifs is 2. The number of hydrogen-bond acceptors (Lipinski definition) is 9. The standard InChI is InChI=1S/C18H21FN2O4S.C13H13FN2O2S.2ClH.H2O/c1-18(2,3)25-17(22)21-11-9-14(19)12-26(23,24)15-8-4-6-13-7-5-10-20-16(13)15;14-11(6-7-15)9-19(17,18)12-5-1-3-10-4-2-8-16-13(10)12;;;/h4-10H,11-12H2,1-3H3,(H,21,22);1-6,8H,7,9,15H2;2*1H;1H2/b14-9-;11-6-;;;. The molecule has 5 N–H and O–H groups in total. The highest BCUT2D eigenvalue weighted by molar-refractivity contribution is 7.92. The van der Waals surface area contributed by atoms with Crippen LogP contribution in [-0.4, -0.2) is 68.6 Å². The van der Waals surface area contributed by atoms with E-state index in [-0.39, 0.29) is 53.2 Å². The maximum absolute atomic E-state index is 14.0. The molecule has 0 saturated heterocycles. The number of amides is 1. The molecule has 0 spiro atoms. The third kappa shape index (κ3) is 13.1. The van der Waals surface area contributed by atoms with E-state index in [0.29, 0.717) is 21.8 Å². The van der Waals surface area contributed by atoms with Crippen molar-refractivity contribution in [2.24, 2.45) is 5.73 Å². The molecular weight excluding hydrogens is 713 g/mol. The zero-order chi connectivity index (χ0) is 33.3. The van der Waals surface area contributed by atoms with E-state index in [4.69, 9.17) is 10.5 Å². The summed E-state index contributed by atoms with van der Waals surface area (Å²) in [7, 11) is -7.68. The van der Waals surface area contributed by atoms with E-state index >= 15 is 0 Å². The van der Waals surface area contributed by atoms with Crippen LogP contribution in [0.3, 0.4) is 0 Å². The fourth-order valence-electron chi connectivity index (χ4n) is 3.98. The SMILES string of the molecule is CC(C)(C)OC(=O)NC/C=C(\F)CS(=O)(=O)c1cccc2cccnc12.Cl.Cl.NC/C=C(\F)CS(=O)(=O)c1cccc2cccnc12.O. The van der Waals surface area contributed by atoms with Crippen molar-refractivity contribution in [2.45, 2.75) is 36.2 Å². The third-order valence-electron chi connectivity index (χ3n) is 5.83. The second-order valence-corrected chi connectivity index (χ2v) is 14.5. The van der Waals surface area contributed by atoms with Gasteiger partial charge in [-0.2, -0.15) is 0 Å². The average Bonchev–Trinajstić information content (AvgIpc) is 2.95. The normalized spacial score (nSPS) is 12.0. The number of para-hydroxylation sites is 2. The Kier molecular flexibility index (Phi) is 17.8. The van der Waals surface area contributed by atoms with E-state index in [1.807, 2.05) is 0 Å². The fourth-order valence-corrected chi connectivity index (χ4v) is 6.75. The first-order valence-electron chi connectivity index (χ1n) is 13.6. The van der Waals surface area contributed by atoms with Gasteiger partial charge in [0.1, 0.15) is 28.8 Å². The van der Waals surface area contributed by atoms with Gasteiger partial charge in [0, 0.05) is 36.3 Å². The van der Waals surface area contributed by atoms with Gasteiger partial charge in [-0.25, -0.2) is 30.4 Å². The summed E-state index contributed by atoms with van der Waals surface area (Å²) < 4.78 is 81.8. The van der Waals surface area contributed by atoms with Crippen molar-refractivity contribution < 1.29 is 40.6 Å². The Morgan fingerprint density at radius 3 is 1.62 bits per heavy atom. The number of carbonyl (C=O) groups is 1. The number of rotatable bonds is 9. The molecule has 4 aromatic rings. The first-order valence-corrected chi connectivity index (χ1v) is 16.9. The first-order chi connectivity index (χ1) is 21.1. The molecule has 0 aliphatic heterocycles. The number of sulfone groups is 2. The van der Waals surface area contributed by atoms with Crippen LogP contribution in [0.1, 0.15) is 20.8 Å². The van der Waals surface area contributed by atoms with Gasteiger partial charge in [0.25, 0.3) is 0 Å². The summed E-state index contributed by atoms with van der Waals surface area (Å²) in [4.78, 5) is 19.6. The molecule has 17 heteroatoms. The second-order valence-electron chi connectivity index (χ2n) is 10.6. The number of nitrogens with two attached hydrogens (primary N) is 1. The van der Waals surface area contributed by atoms with Crippen molar-refractivity contribution >= 4 is 72.4 Å². The highest BCUT2D eigenvalue weighted by Crippen LogP contribution is 2.24. The van der Waals surface area contributed by atoms with Crippen LogP contribution >= 0.6 is 24.8 Å². The van der Waals surface area contributed by atoms with Crippen molar-refractivity contribution in [2.75, 3.05) is 24.6 Å². The fraction of sp³-hybridized carbons (Fsp3) is 0.258. The summed E-state index contributed by atoms with van der Waals surface area (Å²) in [5, 5.41) is 3.70. The second kappa shape index (κ2) is 19.3. The molecule has 2 heterocycles. The van der Waals surface area contributed by atoms with E-state index in [9.17, 15) is 30.4 Å². The Balaban J connectivity index is 0.000000901. The minimum Gasteiger partial charge on any atom is -0.444 e. The molecule has 0 fully saturated rings. The molecule has 0 bridgehead atoms. The smallest absolute Gasteiger partial charge is 0.407 e. The minimum atomic E-state index is -3.92. The van der Waals surface area contributed by atoms with Crippen LogP contribution in [0.25, 0.3) is 21.8 Å². The van der Waals surface area contributed by atoms with Gasteiger partial charge in [-0.15, -0.1) is 24.8 Å². The van der Waals surface area contributed by atoms with Crippen molar-refractivity contribution in [3.05, 3.63) is 96.9 Å². The molecule has 0 unspecified atom stereocenters. The number of nitrogens with one attached hydrogen (secondary N) is 1. The number of halogens is 4. The van der Waals surface area contributed by atoms with Gasteiger partial charge in [-0.3, -0.25) is 9.97 Å². The van der Waals surface area contributed by atoms with Crippen LogP contribution in [0, 0.1) is 0 Å². The van der Waals surface area contributed by atoms with Gasteiger partial charge in [0.15, 0.2) is 19.7 Å². The zero-order valence-electron chi connectivity index (χ0n) is 26.2. The lowest BCUT2D eigenvalue weighted by atomic mass is 10.2. The van der Waals surface area contributed by atoms with Gasteiger partial charge in [-0.05, 0) is 57.2 Å². The van der Waals surface area contributed by atoms with Crippen molar-refractivity contribution in [3.8, 4) is 0 Å². The summed E-state index contributed by atoms with van der Waals surface area (Å²) in [5.74, 6) is -3.12. The predicted molar refractivity (Wildman–Crippen MR) is 187 cm³/mol. The molecule has 11 nitrogen and oxygen atoms in total. The maximum Gasteiger partial charge on any atom is 0.407 e. The Hall–Kier alpha value is -3.73. The molecule has 48 heavy (non-hydrogen) atoms. The monoisotopic (exact) mass is 750 g/mol. The topological polar surface area (TPSA) is 190 Å². The van der Waals surface area contributed by atoms with Crippen LogP contribution in [0.4, 0.5) is 13.6 Å². The van der Waals surface area contributed by atoms with E-state index in [2.05, 4.69) is 15.3 Å². The van der Waals surface area contributed by atoms with Crippen LogP contribution in [0.5, 0.6) is 0 Å². The Labute approximate surface area is 290 Å². The Bertz CT molecular complexity index is 1940. The highest BCUT2D eigenvalue weighted by Gasteiger charge is 2.22. The van der Waals surface area contributed by atoms with Gasteiger partial charge >= 0.3 is 6.09 Å². The number of ether oxygens (including phenoxy) is 1. The van der Waals surface area contributed by atoms with E-state index in [0.717, 1.165) is 12.2 Å². The number of pyridine rings is 2. The predicted octanol–water partition coefficient (Wildman–Crippen LogP) is 5.23. The molecule has 0 saturated carbocycles. The number of hydrogen-bond donors (Lipinski definition) is 2.